The minimum absolute atomic E-state index is 0.0658. The molecule has 1 heterocycles. The molecule has 2 N–H and O–H groups in total. The van der Waals surface area contributed by atoms with Crippen LogP contribution in [0.3, 0.4) is 0 Å². The fourth-order valence-electron chi connectivity index (χ4n) is 2.60. The van der Waals surface area contributed by atoms with Crippen molar-refractivity contribution in [3.8, 4) is 17.6 Å². The summed E-state index contributed by atoms with van der Waals surface area (Å²) in [6, 6.07) is 15.2. The second kappa shape index (κ2) is 8.64. The highest BCUT2D eigenvalue weighted by Gasteiger charge is 2.21. The highest BCUT2D eigenvalue weighted by molar-refractivity contribution is 5.99. The first kappa shape index (κ1) is 18.9. The molecule has 0 aliphatic heterocycles. The number of furan rings is 1. The number of azo groups is 1. The van der Waals surface area contributed by atoms with Gasteiger partial charge in [0.05, 0.1) is 12.0 Å². The molecule has 7 nitrogen and oxygen atoms in total. The molecule has 0 aliphatic carbocycles. The molecule has 0 fully saturated rings. The predicted molar refractivity (Wildman–Crippen MR) is 101 cm³/mol. The predicted octanol–water partition coefficient (Wildman–Crippen LogP) is 4.33. The van der Waals surface area contributed by atoms with E-state index in [1.165, 1.54) is 30.5 Å². The van der Waals surface area contributed by atoms with Crippen LogP contribution in [0.25, 0.3) is 0 Å². The van der Waals surface area contributed by atoms with Gasteiger partial charge in [-0.25, -0.2) is 0 Å². The number of aromatic hydroxyl groups is 2. The molecule has 1 aromatic heterocycles. The summed E-state index contributed by atoms with van der Waals surface area (Å²) in [6.45, 7) is 0. The van der Waals surface area contributed by atoms with Gasteiger partial charge in [-0.1, -0.05) is 12.1 Å². The van der Waals surface area contributed by atoms with E-state index in [9.17, 15) is 15.0 Å². The third-order valence-electron chi connectivity index (χ3n) is 4.11. The van der Waals surface area contributed by atoms with Crippen LogP contribution >= 0.6 is 0 Å². The number of nitriles is 1. The van der Waals surface area contributed by atoms with Crippen LogP contribution in [-0.4, -0.2) is 22.0 Å². The van der Waals surface area contributed by atoms with Gasteiger partial charge in [-0.2, -0.15) is 15.5 Å². The third kappa shape index (κ3) is 4.62. The average molecular weight is 375 g/mol. The van der Waals surface area contributed by atoms with E-state index in [4.69, 9.17) is 9.68 Å². The molecule has 0 saturated carbocycles. The number of hydrogen-bond acceptors (Lipinski definition) is 7. The quantitative estimate of drug-likeness (QED) is 0.362. The zero-order valence-corrected chi connectivity index (χ0v) is 14.8. The normalized spacial score (nSPS) is 12.0. The first-order chi connectivity index (χ1) is 13.6. The first-order valence-corrected chi connectivity index (χ1v) is 8.55. The van der Waals surface area contributed by atoms with Crippen LogP contribution < -0.4 is 0 Å². The Morgan fingerprint density at radius 2 is 1.89 bits per heavy atom. The van der Waals surface area contributed by atoms with Crippen LogP contribution in [0.2, 0.25) is 0 Å². The molecular formula is C21H17N3O4. The second-order valence-electron chi connectivity index (χ2n) is 6.07. The SMILES string of the molecule is N#CC(N=Nc1ccc(CCc2cc(O)ccc2O)cc1)C(=O)c1ccco1. The van der Waals surface area contributed by atoms with Crippen molar-refractivity contribution in [3.05, 3.63) is 77.7 Å². The number of carbonyl (C=O) groups is 1. The number of benzene rings is 2. The number of aryl methyl sites for hydroxylation is 2. The Morgan fingerprint density at radius 1 is 1.11 bits per heavy atom. The number of Topliss-reactive ketones (excluding diaryl/α,β-unsaturated/α-hetero) is 1. The van der Waals surface area contributed by atoms with E-state index in [0.717, 1.165) is 5.56 Å². The maximum Gasteiger partial charge on any atom is 0.238 e. The van der Waals surface area contributed by atoms with Gasteiger partial charge in [0.2, 0.25) is 11.8 Å². The first-order valence-electron chi connectivity index (χ1n) is 8.55. The Balaban J connectivity index is 1.62. The fourth-order valence-corrected chi connectivity index (χ4v) is 2.60. The number of phenolic OH excluding ortho intramolecular Hbond substituents is 2. The van der Waals surface area contributed by atoms with E-state index in [1.54, 1.807) is 24.3 Å². The van der Waals surface area contributed by atoms with E-state index in [0.29, 0.717) is 24.1 Å². The van der Waals surface area contributed by atoms with Crippen molar-refractivity contribution in [2.45, 2.75) is 18.9 Å². The van der Waals surface area contributed by atoms with Crippen LogP contribution in [-0.2, 0) is 12.8 Å². The summed E-state index contributed by atoms with van der Waals surface area (Å²) in [7, 11) is 0. The maximum absolute atomic E-state index is 12.1. The summed E-state index contributed by atoms with van der Waals surface area (Å²) < 4.78 is 4.99. The molecular weight excluding hydrogens is 358 g/mol. The van der Waals surface area contributed by atoms with Crippen molar-refractivity contribution in [1.29, 1.82) is 5.26 Å². The van der Waals surface area contributed by atoms with E-state index in [-0.39, 0.29) is 17.3 Å². The summed E-state index contributed by atoms with van der Waals surface area (Å²) in [5, 5.41) is 36.2. The maximum atomic E-state index is 12.1. The van der Waals surface area contributed by atoms with Crippen LogP contribution in [0.5, 0.6) is 11.5 Å². The topological polar surface area (TPSA) is 119 Å². The summed E-state index contributed by atoms with van der Waals surface area (Å²) in [4.78, 5) is 12.1. The molecule has 0 saturated heterocycles. The van der Waals surface area contributed by atoms with Gasteiger partial charge in [0, 0.05) is 0 Å². The van der Waals surface area contributed by atoms with E-state index in [1.807, 2.05) is 12.1 Å². The zero-order chi connectivity index (χ0) is 19.9. The van der Waals surface area contributed by atoms with Crippen LogP contribution in [0.15, 0.2) is 75.5 Å². The van der Waals surface area contributed by atoms with E-state index in [2.05, 4.69) is 10.2 Å². The molecule has 7 heteroatoms. The standard InChI is InChI=1S/C21H17N3O4/c22-13-18(21(27)20-2-1-11-28-20)24-23-16-7-4-14(5-8-16)3-6-15-12-17(25)9-10-19(15)26/h1-2,4-5,7-12,18,25-26H,3,6H2. The van der Waals surface area contributed by atoms with Crippen molar-refractivity contribution in [2.24, 2.45) is 10.2 Å². The van der Waals surface area contributed by atoms with Gasteiger partial charge in [0.1, 0.15) is 17.6 Å². The molecule has 0 spiro atoms. The van der Waals surface area contributed by atoms with Gasteiger partial charge in [0.15, 0.2) is 5.76 Å². The van der Waals surface area contributed by atoms with Gasteiger partial charge in [-0.05, 0) is 66.4 Å². The summed E-state index contributed by atoms with van der Waals surface area (Å²) in [6.07, 6.45) is 2.58. The summed E-state index contributed by atoms with van der Waals surface area (Å²) >= 11 is 0. The number of rotatable bonds is 7. The monoisotopic (exact) mass is 375 g/mol. The number of nitrogens with zero attached hydrogens (tertiary/aromatic N) is 3. The molecule has 3 aromatic rings. The Hall–Kier alpha value is -3.92. The third-order valence-corrected chi connectivity index (χ3v) is 4.11. The molecule has 3 rings (SSSR count). The Morgan fingerprint density at radius 3 is 2.57 bits per heavy atom. The Kier molecular flexibility index (Phi) is 5.82. The lowest BCUT2D eigenvalue weighted by Crippen LogP contribution is -2.15. The number of hydrogen-bond donors (Lipinski definition) is 2. The Bertz CT molecular complexity index is 1020. The molecule has 0 radical (unpaired) electrons. The lowest BCUT2D eigenvalue weighted by atomic mass is 10.0. The van der Waals surface area contributed by atoms with Crippen LogP contribution in [0, 0.1) is 11.3 Å². The average Bonchev–Trinajstić information content (AvgIpc) is 3.25. The number of ketones is 1. The van der Waals surface area contributed by atoms with E-state index < -0.39 is 11.8 Å². The van der Waals surface area contributed by atoms with Gasteiger partial charge in [0.25, 0.3) is 0 Å². The van der Waals surface area contributed by atoms with Crippen molar-refractivity contribution < 1.29 is 19.4 Å². The van der Waals surface area contributed by atoms with Gasteiger partial charge in [-0.3, -0.25) is 4.79 Å². The van der Waals surface area contributed by atoms with Crippen LogP contribution in [0.1, 0.15) is 21.7 Å². The van der Waals surface area contributed by atoms with E-state index >= 15 is 0 Å². The zero-order valence-electron chi connectivity index (χ0n) is 14.8. The van der Waals surface area contributed by atoms with Crippen molar-refractivity contribution in [3.63, 3.8) is 0 Å². The Labute approximate surface area is 161 Å². The molecule has 2 aromatic carbocycles. The molecule has 0 bridgehead atoms. The lowest BCUT2D eigenvalue weighted by Gasteiger charge is -2.06. The molecule has 140 valence electrons. The van der Waals surface area contributed by atoms with Gasteiger partial charge >= 0.3 is 0 Å². The van der Waals surface area contributed by atoms with Crippen molar-refractivity contribution in [1.82, 2.24) is 0 Å². The van der Waals surface area contributed by atoms with Crippen LogP contribution in [0.4, 0.5) is 5.69 Å². The molecule has 0 aliphatic rings. The summed E-state index contributed by atoms with van der Waals surface area (Å²) in [5.74, 6) is -0.221. The minimum Gasteiger partial charge on any atom is -0.508 e. The highest BCUT2D eigenvalue weighted by Crippen LogP contribution is 2.24. The van der Waals surface area contributed by atoms with Gasteiger partial charge in [-0.15, -0.1) is 0 Å². The lowest BCUT2D eigenvalue weighted by molar-refractivity contribution is 0.0952. The molecule has 1 atom stereocenters. The number of phenols is 2. The van der Waals surface area contributed by atoms with Crippen molar-refractivity contribution in [2.75, 3.05) is 0 Å². The minimum atomic E-state index is -1.26. The fraction of sp³-hybridized carbons (Fsp3) is 0.143. The molecule has 1 unspecified atom stereocenters. The number of carbonyl (C=O) groups excluding carboxylic acids is 1. The largest absolute Gasteiger partial charge is 0.508 e. The molecule has 28 heavy (non-hydrogen) atoms. The smallest absolute Gasteiger partial charge is 0.238 e. The van der Waals surface area contributed by atoms with Gasteiger partial charge < -0.3 is 14.6 Å². The summed E-state index contributed by atoms with van der Waals surface area (Å²) in [5.41, 5.74) is 2.18. The molecule has 0 amide bonds. The second-order valence-corrected chi connectivity index (χ2v) is 6.07. The van der Waals surface area contributed by atoms with Crippen molar-refractivity contribution >= 4 is 11.5 Å². The highest BCUT2D eigenvalue weighted by atomic mass is 16.3.